The van der Waals surface area contributed by atoms with Gasteiger partial charge in [0, 0.05) is 5.70 Å². The molecule has 1 N–H and O–H groups in total. The molecule has 0 heterocycles. The van der Waals surface area contributed by atoms with E-state index >= 15 is 0 Å². The van der Waals surface area contributed by atoms with Crippen molar-refractivity contribution < 1.29 is 0 Å². The second-order valence-electron chi connectivity index (χ2n) is 2.03. The van der Waals surface area contributed by atoms with Crippen LogP contribution in [0.3, 0.4) is 0 Å². The van der Waals surface area contributed by atoms with Crippen LogP contribution in [-0.2, 0) is 0 Å². The lowest BCUT2D eigenvalue weighted by Gasteiger charge is -1.98. The molecule has 0 fully saturated rings. The minimum atomic E-state index is 0.876. The minimum Gasteiger partial charge on any atom is -0.363 e. The van der Waals surface area contributed by atoms with Gasteiger partial charge in [-0.25, -0.2) is 0 Å². The van der Waals surface area contributed by atoms with Crippen LogP contribution in [0, 0.1) is 0 Å². The molecule has 0 aromatic heterocycles. The van der Waals surface area contributed by atoms with Gasteiger partial charge >= 0.3 is 0 Å². The topological polar surface area (TPSA) is 12.0 Å². The molecule has 60 valence electrons. The predicted octanol–water partition coefficient (Wildman–Crippen LogP) is 2.76. The Morgan fingerprint density at radius 3 is 2.64 bits per heavy atom. The van der Waals surface area contributed by atoms with Gasteiger partial charge in [-0.2, -0.15) is 0 Å². The van der Waals surface area contributed by atoms with Crippen LogP contribution in [0.4, 0.5) is 0 Å². The van der Waals surface area contributed by atoms with Gasteiger partial charge in [-0.05, 0) is 25.6 Å². The highest BCUT2D eigenvalue weighted by molar-refractivity contribution is 5.18. The number of rotatable bonds is 5. The van der Waals surface area contributed by atoms with Crippen molar-refractivity contribution >= 4 is 0 Å². The highest BCUT2D eigenvalue weighted by Crippen LogP contribution is 1.95. The van der Waals surface area contributed by atoms with Crippen molar-refractivity contribution in [2.75, 3.05) is 0 Å². The van der Waals surface area contributed by atoms with Crippen molar-refractivity contribution in [3.8, 4) is 0 Å². The molecule has 0 aromatic rings. The summed E-state index contributed by atoms with van der Waals surface area (Å²) in [6, 6.07) is 0. The Bertz CT molecular complexity index is 175. The molecule has 0 aliphatic carbocycles. The molecule has 0 aromatic carbocycles. The third-order valence-corrected chi connectivity index (χ3v) is 1.12. The molecule has 0 unspecified atom stereocenters. The fraction of sp³-hybridized carbons (Fsp3) is 0.200. The summed E-state index contributed by atoms with van der Waals surface area (Å²) in [6.07, 6.45) is 10.4. The van der Waals surface area contributed by atoms with Crippen LogP contribution >= 0.6 is 0 Å². The van der Waals surface area contributed by atoms with Crippen molar-refractivity contribution in [2.45, 2.75) is 13.3 Å². The van der Waals surface area contributed by atoms with Crippen molar-refractivity contribution in [3.63, 3.8) is 0 Å². The summed E-state index contributed by atoms with van der Waals surface area (Å²) in [6.45, 7) is 9.19. The molecule has 0 radical (unpaired) electrons. The zero-order valence-electron chi connectivity index (χ0n) is 7.01. The molecule has 0 saturated carbocycles. The van der Waals surface area contributed by atoms with Gasteiger partial charge in [0.1, 0.15) is 0 Å². The summed E-state index contributed by atoms with van der Waals surface area (Å²) in [7, 11) is 0. The Kier molecular flexibility index (Phi) is 6.10. The molecule has 0 atom stereocenters. The first-order valence-corrected chi connectivity index (χ1v) is 3.66. The second kappa shape index (κ2) is 6.87. The van der Waals surface area contributed by atoms with E-state index in [4.69, 9.17) is 0 Å². The summed E-state index contributed by atoms with van der Waals surface area (Å²) in [5, 5.41) is 3.01. The van der Waals surface area contributed by atoms with Gasteiger partial charge in [-0.1, -0.05) is 24.8 Å². The SMILES string of the molecule is C=CC/C=C(\C=C/C)NC=C. The molecule has 0 spiro atoms. The van der Waals surface area contributed by atoms with E-state index in [2.05, 4.69) is 24.6 Å². The molecule has 11 heavy (non-hydrogen) atoms. The monoisotopic (exact) mass is 149 g/mol. The van der Waals surface area contributed by atoms with Crippen LogP contribution < -0.4 is 5.32 Å². The molecule has 0 aliphatic rings. The summed E-state index contributed by atoms with van der Waals surface area (Å²) >= 11 is 0. The summed E-state index contributed by atoms with van der Waals surface area (Å²) in [5.74, 6) is 0. The molecule has 0 aliphatic heterocycles. The first kappa shape index (κ1) is 9.76. The lowest BCUT2D eigenvalue weighted by atomic mass is 10.3. The standard InChI is InChI=1S/C10H15N/c1-4-7-9-10(8-5-2)11-6-3/h4-6,8-9,11H,1,3,7H2,2H3/b8-5-,10-9+. The molecular formula is C10H15N. The molecule has 0 bridgehead atoms. The first-order valence-electron chi connectivity index (χ1n) is 3.66. The summed E-state index contributed by atoms with van der Waals surface area (Å²) in [5.41, 5.74) is 1.06. The zero-order chi connectivity index (χ0) is 8.53. The van der Waals surface area contributed by atoms with E-state index in [0.29, 0.717) is 0 Å². The molecule has 0 saturated heterocycles. The Morgan fingerprint density at radius 2 is 2.18 bits per heavy atom. The van der Waals surface area contributed by atoms with E-state index in [-0.39, 0.29) is 0 Å². The largest absolute Gasteiger partial charge is 0.363 e. The third-order valence-electron chi connectivity index (χ3n) is 1.12. The van der Waals surface area contributed by atoms with Crippen LogP contribution in [-0.4, -0.2) is 0 Å². The molecule has 0 amide bonds. The van der Waals surface area contributed by atoms with E-state index in [1.165, 1.54) is 0 Å². The zero-order valence-corrected chi connectivity index (χ0v) is 7.01. The van der Waals surface area contributed by atoms with E-state index < -0.39 is 0 Å². The maximum Gasteiger partial charge on any atom is 0.0338 e. The van der Waals surface area contributed by atoms with E-state index in [0.717, 1.165) is 12.1 Å². The average Bonchev–Trinajstić information content (AvgIpc) is 2.01. The molecule has 1 heteroatoms. The van der Waals surface area contributed by atoms with Crippen molar-refractivity contribution in [2.24, 2.45) is 0 Å². The minimum absolute atomic E-state index is 0.876. The Labute approximate surface area is 68.8 Å². The van der Waals surface area contributed by atoms with E-state index in [1.54, 1.807) is 6.20 Å². The summed E-state index contributed by atoms with van der Waals surface area (Å²) in [4.78, 5) is 0. The molecular weight excluding hydrogens is 134 g/mol. The quantitative estimate of drug-likeness (QED) is 0.468. The second-order valence-corrected chi connectivity index (χ2v) is 2.03. The van der Waals surface area contributed by atoms with Gasteiger partial charge in [-0.15, -0.1) is 6.58 Å². The lowest BCUT2D eigenvalue weighted by molar-refractivity contribution is 1.09. The fourth-order valence-electron chi connectivity index (χ4n) is 0.683. The third kappa shape index (κ3) is 5.22. The molecule has 1 nitrogen and oxygen atoms in total. The van der Waals surface area contributed by atoms with Gasteiger partial charge in [0.2, 0.25) is 0 Å². The first-order chi connectivity index (χ1) is 5.35. The smallest absolute Gasteiger partial charge is 0.0338 e. The van der Waals surface area contributed by atoms with Crippen LogP contribution in [0.1, 0.15) is 13.3 Å². The Morgan fingerprint density at radius 1 is 1.45 bits per heavy atom. The number of hydrogen-bond acceptors (Lipinski definition) is 1. The number of allylic oxidation sites excluding steroid dienone is 4. The van der Waals surface area contributed by atoms with Crippen molar-refractivity contribution in [1.82, 2.24) is 5.32 Å². The van der Waals surface area contributed by atoms with Gasteiger partial charge in [-0.3, -0.25) is 0 Å². The Hall–Kier alpha value is -1.24. The molecule has 0 rings (SSSR count). The van der Waals surface area contributed by atoms with Gasteiger partial charge < -0.3 is 5.32 Å². The highest BCUT2D eigenvalue weighted by atomic mass is 14.8. The summed E-state index contributed by atoms with van der Waals surface area (Å²) < 4.78 is 0. The van der Waals surface area contributed by atoms with Gasteiger partial charge in [0.25, 0.3) is 0 Å². The highest BCUT2D eigenvalue weighted by Gasteiger charge is 1.83. The van der Waals surface area contributed by atoms with Gasteiger partial charge in [0.05, 0.1) is 0 Å². The van der Waals surface area contributed by atoms with E-state index in [1.807, 2.05) is 25.2 Å². The van der Waals surface area contributed by atoms with Crippen molar-refractivity contribution in [1.29, 1.82) is 0 Å². The number of hydrogen-bond donors (Lipinski definition) is 1. The lowest BCUT2D eigenvalue weighted by Crippen LogP contribution is -2.00. The average molecular weight is 149 g/mol. The van der Waals surface area contributed by atoms with E-state index in [9.17, 15) is 0 Å². The number of nitrogens with one attached hydrogen (secondary N) is 1. The predicted molar refractivity (Wildman–Crippen MR) is 51.0 cm³/mol. The fourth-order valence-corrected chi connectivity index (χ4v) is 0.683. The van der Waals surface area contributed by atoms with Crippen LogP contribution in [0.15, 0.2) is 49.4 Å². The normalized spacial score (nSPS) is 11.5. The van der Waals surface area contributed by atoms with Crippen molar-refractivity contribution in [3.05, 3.63) is 49.4 Å². The van der Waals surface area contributed by atoms with Crippen LogP contribution in [0.25, 0.3) is 0 Å². The Balaban J connectivity index is 4.05. The maximum absolute atomic E-state index is 3.63. The van der Waals surface area contributed by atoms with Crippen LogP contribution in [0.2, 0.25) is 0 Å². The van der Waals surface area contributed by atoms with Gasteiger partial charge in [0.15, 0.2) is 0 Å². The van der Waals surface area contributed by atoms with Crippen LogP contribution in [0.5, 0.6) is 0 Å². The maximum atomic E-state index is 3.63.